The predicted molar refractivity (Wildman–Crippen MR) is 70.8 cm³/mol. The minimum absolute atomic E-state index is 0.106. The summed E-state index contributed by atoms with van der Waals surface area (Å²) < 4.78 is 17.1. The lowest BCUT2D eigenvalue weighted by atomic mass is 9.99. The second kappa shape index (κ2) is 6.52. The highest BCUT2D eigenvalue weighted by Gasteiger charge is 2.27. The summed E-state index contributed by atoms with van der Waals surface area (Å²) in [5.41, 5.74) is 0.831. The summed E-state index contributed by atoms with van der Waals surface area (Å²) in [6.45, 7) is 1.58. The summed E-state index contributed by atoms with van der Waals surface area (Å²) in [5.74, 6) is 0.734. The van der Waals surface area contributed by atoms with E-state index in [1.54, 1.807) is 7.11 Å². The minimum Gasteiger partial charge on any atom is -0.488 e. The molecule has 1 aliphatic rings. The van der Waals surface area contributed by atoms with Crippen LogP contribution in [0.15, 0.2) is 22.7 Å². The zero-order valence-electron chi connectivity index (χ0n) is 10.3. The van der Waals surface area contributed by atoms with E-state index in [2.05, 4.69) is 15.9 Å². The van der Waals surface area contributed by atoms with Gasteiger partial charge < -0.3 is 19.3 Å². The first-order valence-electron chi connectivity index (χ1n) is 5.91. The number of benzene rings is 1. The van der Waals surface area contributed by atoms with E-state index in [0.717, 1.165) is 15.8 Å². The zero-order chi connectivity index (χ0) is 13.0. The number of aliphatic hydroxyl groups is 1. The highest BCUT2D eigenvalue weighted by molar-refractivity contribution is 9.10. The molecule has 1 heterocycles. The Kier molecular flexibility index (Phi) is 5.00. The van der Waals surface area contributed by atoms with Crippen LogP contribution in [0.1, 0.15) is 18.1 Å². The Bertz CT molecular complexity index is 397. The molecule has 100 valence electrons. The number of rotatable bonds is 5. The van der Waals surface area contributed by atoms with Crippen molar-refractivity contribution >= 4 is 15.9 Å². The van der Waals surface area contributed by atoms with Crippen molar-refractivity contribution in [3.8, 4) is 5.75 Å². The molecule has 5 heteroatoms. The van der Waals surface area contributed by atoms with Crippen LogP contribution in [-0.4, -0.2) is 38.1 Å². The lowest BCUT2D eigenvalue weighted by Crippen LogP contribution is -2.30. The maximum absolute atomic E-state index is 10.1. The fourth-order valence-corrected chi connectivity index (χ4v) is 2.33. The zero-order valence-corrected chi connectivity index (χ0v) is 11.9. The van der Waals surface area contributed by atoms with Crippen LogP contribution in [0.4, 0.5) is 0 Å². The molecule has 18 heavy (non-hydrogen) atoms. The van der Waals surface area contributed by atoms with Crippen molar-refractivity contribution in [3.05, 3.63) is 28.2 Å². The third-order valence-electron chi connectivity index (χ3n) is 2.85. The summed E-state index contributed by atoms with van der Waals surface area (Å²) in [5, 5.41) is 10.1. The minimum atomic E-state index is -0.498. The van der Waals surface area contributed by atoms with Crippen LogP contribution in [0.2, 0.25) is 0 Å². The fraction of sp³-hybridized carbons (Fsp3) is 0.538. The van der Waals surface area contributed by atoms with E-state index >= 15 is 0 Å². The van der Waals surface area contributed by atoms with E-state index in [0.29, 0.717) is 26.2 Å². The number of fused-ring (bicyclic) bond motifs is 1. The second-order valence-electron chi connectivity index (χ2n) is 4.24. The van der Waals surface area contributed by atoms with E-state index in [1.807, 2.05) is 18.2 Å². The molecule has 0 saturated heterocycles. The largest absolute Gasteiger partial charge is 0.488 e. The van der Waals surface area contributed by atoms with Crippen molar-refractivity contribution in [2.45, 2.75) is 18.6 Å². The molecule has 0 amide bonds. The molecule has 4 nitrogen and oxygen atoms in total. The van der Waals surface area contributed by atoms with Gasteiger partial charge in [-0.15, -0.1) is 0 Å². The van der Waals surface area contributed by atoms with Crippen molar-refractivity contribution < 1.29 is 19.3 Å². The molecular weight excluding hydrogens is 300 g/mol. The van der Waals surface area contributed by atoms with Crippen LogP contribution in [0.25, 0.3) is 0 Å². The van der Waals surface area contributed by atoms with E-state index in [1.165, 1.54) is 0 Å². The van der Waals surface area contributed by atoms with Gasteiger partial charge in [0.05, 0.1) is 25.9 Å². The molecule has 0 fully saturated rings. The molecule has 1 aliphatic heterocycles. The highest BCUT2D eigenvalue weighted by Crippen LogP contribution is 2.36. The molecular formula is C13H17BrO4. The topological polar surface area (TPSA) is 47.9 Å². The molecule has 0 aromatic heterocycles. The molecule has 2 rings (SSSR count). The van der Waals surface area contributed by atoms with Gasteiger partial charge >= 0.3 is 0 Å². The Hall–Kier alpha value is -0.620. The van der Waals surface area contributed by atoms with Gasteiger partial charge in [0.2, 0.25) is 0 Å². The van der Waals surface area contributed by atoms with Crippen LogP contribution in [-0.2, 0) is 9.47 Å². The number of ether oxygens (including phenoxy) is 3. The normalized spacial score (nSPS) is 22.4. The van der Waals surface area contributed by atoms with Crippen molar-refractivity contribution in [1.82, 2.24) is 0 Å². The molecule has 0 saturated carbocycles. The van der Waals surface area contributed by atoms with E-state index < -0.39 is 6.10 Å². The number of hydrogen-bond acceptors (Lipinski definition) is 4. The van der Waals surface area contributed by atoms with Crippen LogP contribution in [0.5, 0.6) is 5.75 Å². The van der Waals surface area contributed by atoms with Crippen molar-refractivity contribution in [1.29, 1.82) is 0 Å². The van der Waals surface area contributed by atoms with Crippen molar-refractivity contribution in [2.75, 3.05) is 26.9 Å². The molecule has 2 unspecified atom stereocenters. The Balaban J connectivity index is 1.93. The maximum atomic E-state index is 10.1. The summed E-state index contributed by atoms with van der Waals surface area (Å²) in [6, 6.07) is 5.66. The van der Waals surface area contributed by atoms with Gasteiger partial charge in [-0.1, -0.05) is 15.9 Å². The Labute approximate surface area is 115 Å². The van der Waals surface area contributed by atoms with Crippen LogP contribution < -0.4 is 4.74 Å². The molecule has 0 spiro atoms. The number of halogens is 1. The van der Waals surface area contributed by atoms with Gasteiger partial charge in [0.25, 0.3) is 0 Å². The first kappa shape index (κ1) is 13.8. The van der Waals surface area contributed by atoms with Gasteiger partial charge in [-0.3, -0.25) is 0 Å². The molecule has 2 atom stereocenters. The van der Waals surface area contributed by atoms with Gasteiger partial charge in [-0.25, -0.2) is 0 Å². The summed E-state index contributed by atoms with van der Waals surface area (Å²) >= 11 is 3.39. The molecule has 1 aromatic rings. The summed E-state index contributed by atoms with van der Waals surface area (Å²) in [4.78, 5) is 0. The molecule has 1 N–H and O–H groups in total. The van der Waals surface area contributed by atoms with Gasteiger partial charge in [-0.2, -0.15) is 0 Å². The average molecular weight is 317 g/mol. The van der Waals surface area contributed by atoms with E-state index in [9.17, 15) is 5.11 Å². The lowest BCUT2D eigenvalue weighted by molar-refractivity contribution is -0.00949. The van der Waals surface area contributed by atoms with Crippen LogP contribution in [0.3, 0.4) is 0 Å². The molecule has 0 bridgehead atoms. The second-order valence-corrected chi connectivity index (χ2v) is 5.16. The quantitative estimate of drug-likeness (QED) is 0.847. The third kappa shape index (κ3) is 3.45. The number of methoxy groups -OCH3 is 1. The van der Waals surface area contributed by atoms with Crippen molar-refractivity contribution in [3.63, 3.8) is 0 Å². The van der Waals surface area contributed by atoms with E-state index in [4.69, 9.17) is 14.2 Å². The third-order valence-corrected chi connectivity index (χ3v) is 3.34. The van der Waals surface area contributed by atoms with Crippen LogP contribution >= 0.6 is 15.9 Å². The smallest absolute Gasteiger partial charge is 0.125 e. The first-order chi connectivity index (χ1) is 8.70. The fourth-order valence-electron chi connectivity index (χ4n) is 1.95. The Morgan fingerprint density at radius 2 is 2.28 bits per heavy atom. The average Bonchev–Trinajstić information content (AvgIpc) is 2.36. The monoisotopic (exact) mass is 316 g/mol. The predicted octanol–water partition coefficient (Wildman–Crippen LogP) is 2.30. The Morgan fingerprint density at radius 3 is 3.06 bits per heavy atom. The summed E-state index contributed by atoms with van der Waals surface area (Å²) in [6.07, 6.45) is -0.0519. The Morgan fingerprint density at radius 1 is 1.44 bits per heavy atom. The molecule has 1 aromatic carbocycles. The van der Waals surface area contributed by atoms with Crippen LogP contribution in [0, 0.1) is 0 Å². The van der Waals surface area contributed by atoms with Gasteiger partial charge in [0, 0.05) is 23.6 Å². The number of hydrogen-bond donors (Lipinski definition) is 1. The summed E-state index contributed by atoms with van der Waals surface area (Å²) in [7, 11) is 1.64. The lowest BCUT2D eigenvalue weighted by Gasteiger charge is -2.29. The van der Waals surface area contributed by atoms with Gasteiger partial charge in [0.1, 0.15) is 11.9 Å². The molecule has 0 radical (unpaired) electrons. The first-order valence-corrected chi connectivity index (χ1v) is 6.71. The van der Waals surface area contributed by atoms with Crippen molar-refractivity contribution in [2.24, 2.45) is 0 Å². The maximum Gasteiger partial charge on any atom is 0.125 e. The van der Waals surface area contributed by atoms with E-state index in [-0.39, 0.29) is 6.10 Å². The molecule has 0 aliphatic carbocycles. The van der Waals surface area contributed by atoms with Gasteiger partial charge in [0.15, 0.2) is 0 Å². The number of aliphatic hydroxyl groups excluding tert-OH is 1. The SMILES string of the molecule is COCCOCC1CC(O)c2cc(Br)ccc2O1. The standard InChI is InChI=1S/C13H17BrO4/c1-16-4-5-17-8-10-7-12(15)11-6-9(14)2-3-13(11)18-10/h2-3,6,10,12,15H,4-5,7-8H2,1H3. The van der Waals surface area contributed by atoms with Gasteiger partial charge in [-0.05, 0) is 18.2 Å². The highest BCUT2D eigenvalue weighted by atomic mass is 79.9.